The summed E-state index contributed by atoms with van der Waals surface area (Å²) in [5, 5.41) is 3.09. The highest BCUT2D eigenvalue weighted by Gasteiger charge is 2.09. The second kappa shape index (κ2) is 4.00. The Morgan fingerprint density at radius 3 is 2.93 bits per heavy atom. The number of imidazole rings is 1. The Morgan fingerprint density at radius 1 is 1.43 bits per heavy atom. The first kappa shape index (κ1) is 10.1. The van der Waals surface area contributed by atoms with Gasteiger partial charge in [-0.15, -0.1) is 0 Å². The molecular formula is C9H9Br2N3. The van der Waals surface area contributed by atoms with E-state index in [-0.39, 0.29) is 0 Å². The van der Waals surface area contributed by atoms with Crippen LogP contribution in [0.5, 0.6) is 0 Å². The highest BCUT2D eigenvalue weighted by atomic mass is 79.9. The molecule has 3 nitrogen and oxygen atoms in total. The molecule has 14 heavy (non-hydrogen) atoms. The fourth-order valence-corrected chi connectivity index (χ4v) is 2.47. The molecule has 0 aliphatic heterocycles. The van der Waals surface area contributed by atoms with Crippen molar-refractivity contribution < 1.29 is 0 Å². The third-order valence-corrected chi connectivity index (χ3v) is 3.18. The zero-order valence-electron chi connectivity index (χ0n) is 7.59. The van der Waals surface area contributed by atoms with Gasteiger partial charge >= 0.3 is 0 Å². The normalized spacial score (nSPS) is 11.1. The minimum absolute atomic E-state index is 0.745. The molecule has 2 aromatic rings. The molecule has 2 aromatic heterocycles. The number of rotatable bonds is 2. The van der Waals surface area contributed by atoms with Crippen molar-refractivity contribution in [2.24, 2.45) is 0 Å². The number of nitrogens with one attached hydrogen (secondary N) is 1. The van der Waals surface area contributed by atoms with Gasteiger partial charge in [-0.3, -0.25) is 4.40 Å². The van der Waals surface area contributed by atoms with Crippen LogP contribution >= 0.6 is 31.9 Å². The van der Waals surface area contributed by atoms with Crippen LogP contribution in [0.3, 0.4) is 0 Å². The van der Waals surface area contributed by atoms with Crippen molar-refractivity contribution in [2.75, 3.05) is 7.05 Å². The Kier molecular flexibility index (Phi) is 2.90. The van der Waals surface area contributed by atoms with Crippen molar-refractivity contribution in [3.63, 3.8) is 0 Å². The van der Waals surface area contributed by atoms with E-state index in [9.17, 15) is 0 Å². The Hall–Kier alpha value is -0.390. The van der Waals surface area contributed by atoms with Crippen LogP contribution in [0.4, 0.5) is 0 Å². The second-order valence-corrected chi connectivity index (χ2v) is 4.48. The molecule has 2 heterocycles. The van der Waals surface area contributed by atoms with Gasteiger partial charge in [0.25, 0.3) is 0 Å². The van der Waals surface area contributed by atoms with Crippen LogP contribution in [-0.2, 0) is 6.54 Å². The Labute approximate surface area is 98.8 Å². The van der Waals surface area contributed by atoms with E-state index in [1.54, 1.807) is 0 Å². The highest BCUT2D eigenvalue weighted by molar-refractivity contribution is 9.10. The minimum atomic E-state index is 0.745. The molecule has 0 unspecified atom stereocenters. The van der Waals surface area contributed by atoms with Crippen molar-refractivity contribution in [2.45, 2.75) is 6.54 Å². The fraction of sp³-hybridized carbons (Fsp3) is 0.222. The smallest absolute Gasteiger partial charge is 0.132 e. The van der Waals surface area contributed by atoms with Gasteiger partial charge in [0.2, 0.25) is 0 Å². The van der Waals surface area contributed by atoms with Crippen molar-refractivity contribution >= 4 is 37.4 Å². The van der Waals surface area contributed by atoms with E-state index in [4.69, 9.17) is 0 Å². The molecule has 0 saturated heterocycles. The lowest BCUT2D eigenvalue weighted by atomic mass is 10.4. The first-order valence-electron chi connectivity index (χ1n) is 4.20. The minimum Gasteiger partial charge on any atom is -0.313 e. The summed E-state index contributed by atoms with van der Waals surface area (Å²) in [6.45, 7) is 0.745. The summed E-state index contributed by atoms with van der Waals surface area (Å²) in [4.78, 5) is 4.43. The van der Waals surface area contributed by atoms with Crippen LogP contribution in [0.2, 0.25) is 0 Å². The van der Waals surface area contributed by atoms with Crippen molar-refractivity contribution in [3.05, 3.63) is 33.2 Å². The summed E-state index contributed by atoms with van der Waals surface area (Å²) in [6, 6.07) is 6.02. The summed E-state index contributed by atoms with van der Waals surface area (Å²) < 4.78 is 3.96. The molecule has 0 aliphatic rings. The van der Waals surface area contributed by atoms with Crippen LogP contribution in [0.1, 0.15) is 5.82 Å². The summed E-state index contributed by atoms with van der Waals surface area (Å²) in [5.74, 6) is 0.988. The molecule has 0 aliphatic carbocycles. The Balaban J connectivity index is 2.72. The van der Waals surface area contributed by atoms with E-state index in [0.29, 0.717) is 0 Å². The first-order valence-corrected chi connectivity index (χ1v) is 5.78. The van der Waals surface area contributed by atoms with Gasteiger partial charge < -0.3 is 5.32 Å². The van der Waals surface area contributed by atoms with E-state index >= 15 is 0 Å². The number of aromatic nitrogens is 2. The fourth-order valence-electron chi connectivity index (χ4n) is 1.40. The van der Waals surface area contributed by atoms with E-state index < -0.39 is 0 Å². The van der Waals surface area contributed by atoms with Gasteiger partial charge in [-0.1, -0.05) is 6.07 Å². The maximum absolute atomic E-state index is 4.43. The predicted molar refractivity (Wildman–Crippen MR) is 63.4 cm³/mol. The standard InChI is InChI=1S/C9H9Br2N3/c1-12-5-8-13-9(11)6-3-2-4-7(10)14(6)8/h2-4,12H,5H2,1H3. The average Bonchev–Trinajstić information content (AvgIpc) is 2.46. The zero-order chi connectivity index (χ0) is 10.1. The van der Waals surface area contributed by atoms with Gasteiger partial charge in [0, 0.05) is 0 Å². The quantitative estimate of drug-likeness (QED) is 0.862. The van der Waals surface area contributed by atoms with Crippen molar-refractivity contribution in [1.82, 2.24) is 14.7 Å². The third-order valence-electron chi connectivity index (χ3n) is 1.97. The van der Waals surface area contributed by atoms with Crippen LogP contribution in [0.25, 0.3) is 5.52 Å². The van der Waals surface area contributed by atoms with E-state index in [1.165, 1.54) is 0 Å². The molecule has 0 saturated carbocycles. The number of halogens is 2. The molecule has 0 atom stereocenters. The second-order valence-electron chi connectivity index (χ2n) is 2.92. The molecule has 1 N–H and O–H groups in total. The zero-order valence-corrected chi connectivity index (χ0v) is 10.8. The van der Waals surface area contributed by atoms with Crippen molar-refractivity contribution in [3.8, 4) is 0 Å². The van der Waals surface area contributed by atoms with Crippen LogP contribution in [0, 0.1) is 0 Å². The molecule has 74 valence electrons. The molecule has 0 bridgehead atoms. The Morgan fingerprint density at radius 2 is 2.21 bits per heavy atom. The van der Waals surface area contributed by atoms with Crippen LogP contribution < -0.4 is 5.32 Å². The molecule has 2 rings (SSSR count). The van der Waals surface area contributed by atoms with Crippen molar-refractivity contribution in [1.29, 1.82) is 0 Å². The van der Waals surface area contributed by atoms with Gasteiger partial charge in [-0.2, -0.15) is 0 Å². The largest absolute Gasteiger partial charge is 0.313 e. The number of fused-ring (bicyclic) bond motifs is 1. The third kappa shape index (κ3) is 1.60. The lowest BCUT2D eigenvalue weighted by molar-refractivity contribution is 0.751. The van der Waals surface area contributed by atoms with E-state index in [0.717, 1.165) is 27.1 Å². The number of hydrogen-bond donors (Lipinski definition) is 1. The van der Waals surface area contributed by atoms with Gasteiger partial charge in [0.15, 0.2) is 0 Å². The first-order chi connectivity index (χ1) is 6.74. The maximum Gasteiger partial charge on any atom is 0.132 e. The number of nitrogens with zero attached hydrogens (tertiary/aromatic N) is 2. The molecule has 5 heteroatoms. The predicted octanol–water partition coefficient (Wildman–Crippen LogP) is 2.58. The summed E-state index contributed by atoms with van der Waals surface area (Å²) >= 11 is 6.95. The van der Waals surface area contributed by atoms with E-state index in [2.05, 4.69) is 46.6 Å². The molecule has 0 radical (unpaired) electrons. The highest BCUT2D eigenvalue weighted by Crippen LogP contribution is 2.23. The number of hydrogen-bond acceptors (Lipinski definition) is 2. The molecule has 0 aromatic carbocycles. The van der Waals surface area contributed by atoms with Gasteiger partial charge in [-0.05, 0) is 51.0 Å². The molecule has 0 spiro atoms. The van der Waals surface area contributed by atoms with Gasteiger partial charge in [0.1, 0.15) is 10.4 Å². The Bertz CT molecular complexity index is 464. The molecular weight excluding hydrogens is 310 g/mol. The summed E-state index contributed by atoms with van der Waals surface area (Å²) in [6.07, 6.45) is 0. The summed E-state index contributed by atoms with van der Waals surface area (Å²) in [7, 11) is 1.91. The summed E-state index contributed by atoms with van der Waals surface area (Å²) in [5.41, 5.74) is 1.07. The number of pyridine rings is 1. The van der Waals surface area contributed by atoms with Gasteiger partial charge in [-0.25, -0.2) is 4.98 Å². The monoisotopic (exact) mass is 317 g/mol. The van der Waals surface area contributed by atoms with E-state index in [1.807, 2.05) is 25.2 Å². The van der Waals surface area contributed by atoms with Crippen LogP contribution in [-0.4, -0.2) is 16.4 Å². The lowest BCUT2D eigenvalue weighted by Crippen LogP contribution is -2.09. The average molecular weight is 319 g/mol. The molecule has 0 fully saturated rings. The van der Waals surface area contributed by atoms with Crippen LogP contribution in [0.15, 0.2) is 27.4 Å². The lowest BCUT2D eigenvalue weighted by Gasteiger charge is -2.02. The maximum atomic E-state index is 4.43. The molecule has 0 amide bonds. The SMILES string of the molecule is CNCc1nc(Br)c2cccc(Br)n12. The topological polar surface area (TPSA) is 29.3 Å². The van der Waals surface area contributed by atoms with Gasteiger partial charge in [0.05, 0.1) is 16.7 Å².